The molecule has 1 aromatic rings. The summed E-state index contributed by atoms with van der Waals surface area (Å²) in [6.07, 6.45) is 0. The van der Waals surface area contributed by atoms with Crippen molar-refractivity contribution in [1.29, 1.82) is 0 Å². The van der Waals surface area contributed by atoms with Crippen LogP contribution in [0.25, 0.3) is 0 Å². The van der Waals surface area contributed by atoms with Crippen LogP contribution < -0.4 is 5.73 Å². The van der Waals surface area contributed by atoms with E-state index in [-0.39, 0.29) is 17.2 Å². The summed E-state index contributed by atoms with van der Waals surface area (Å²) >= 11 is 3.26. The van der Waals surface area contributed by atoms with E-state index in [2.05, 4.69) is 15.9 Å². The Balaban J connectivity index is 2.98. The van der Waals surface area contributed by atoms with Crippen molar-refractivity contribution in [3.05, 3.63) is 28.7 Å². The number of rotatable bonds is 3. The first-order valence-electron chi connectivity index (χ1n) is 5.37. The molecule has 0 aromatic heterocycles. The number of hydrogen-bond donors (Lipinski definition) is 1. The van der Waals surface area contributed by atoms with Gasteiger partial charge < -0.3 is 5.73 Å². The van der Waals surface area contributed by atoms with Crippen LogP contribution >= 0.6 is 15.9 Å². The van der Waals surface area contributed by atoms with E-state index in [0.29, 0.717) is 4.90 Å². The van der Waals surface area contributed by atoms with Gasteiger partial charge in [0.25, 0.3) is 0 Å². The first-order valence-corrected chi connectivity index (χ1v) is 7.81. The molecule has 0 saturated carbocycles. The third kappa shape index (κ3) is 4.08. The molecule has 0 radical (unpaired) electrons. The van der Waals surface area contributed by atoms with Crippen LogP contribution in [0.15, 0.2) is 33.6 Å². The summed E-state index contributed by atoms with van der Waals surface area (Å²) < 4.78 is 25.0. The van der Waals surface area contributed by atoms with Crippen molar-refractivity contribution >= 4 is 25.8 Å². The molecule has 3 nitrogen and oxygen atoms in total. The average molecular weight is 320 g/mol. The Hall–Kier alpha value is -0.390. The summed E-state index contributed by atoms with van der Waals surface area (Å²) in [6, 6.07) is 6.31. The SMILES string of the molecule is CC(C)(C)C(N)CS(=O)(=O)c1cccc(Br)c1. The van der Waals surface area contributed by atoms with Crippen molar-refractivity contribution < 1.29 is 8.42 Å². The second-order valence-corrected chi connectivity index (χ2v) is 8.16. The Bertz CT molecular complexity index is 491. The van der Waals surface area contributed by atoms with Crippen LogP contribution in [0, 0.1) is 5.41 Å². The molecule has 1 aromatic carbocycles. The van der Waals surface area contributed by atoms with E-state index in [1.807, 2.05) is 20.8 Å². The highest BCUT2D eigenvalue weighted by Gasteiger charge is 2.27. The lowest BCUT2D eigenvalue weighted by Gasteiger charge is -2.26. The Labute approximate surface area is 111 Å². The summed E-state index contributed by atoms with van der Waals surface area (Å²) in [4.78, 5) is 0.312. The van der Waals surface area contributed by atoms with E-state index in [9.17, 15) is 8.42 Å². The largest absolute Gasteiger partial charge is 0.326 e. The molecule has 0 heterocycles. The Morgan fingerprint density at radius 2 is 1.94 bits per heavy atom. The zero-order valence-corrected chi connectivity index (χ0v) is 12.7. The van der Waals surface area contributed by atoms with Gasteiger partial charge in [0.15, 0.2) is 9.84 Å². The second kappa shape index (κ2) is 5.08. The lowest BCUT2D eigenvalue weighted by molar-refractivity contribution is 0.340. The van der Waals surface area contributed by atoms with Crippen LogP contribution in [-0.2, 0) is 9.84 Å². The highest BCUT2D eigenvalue weighted by atomic mass is 79.9. The number of benzene rings is 1. The molecule has 0 spiro atoms. The predicted octanol–water partition coefficient (Wildman–Crippen LogP) is 2.60. The highest BCUT2D eigenvalue weighted by Crippen LogP contribution is 2.23. The standard InChI is InChI=1S/C12H18BrNO2S/c1-12(2,3)11(14)8-17(15,16)10-6-4-5-9(13)7-10/h4-7,11H,8,14H2,1-3H3. The van der Waals surface area contributed by atoms with Gasteiger partial charge in [-0.15, -0.1) is 0 Å². The molecule has 0 aliphatic rings. The van der Waals surface area contributed by atoms with Crippen molar-refractivity contribution in [2.24, 2.45) is 11.1 Å². The van der Waals surface area contributed by atoms with E-state index >= 15 is 0 Å². The number of hydrogen-bond acceptors (Lipinski definition) is 3. The van der Waals surface area contributed by atoms with Crippen molar-refractivity contribution in [3.8, 4) is 0 Å². The fourth-order valence-corrected chi connectivity index (χ4v) is 3.55. The van der Waals surface area contributed by atoms with Crippen molar-refractivity contribution in [3.63, 3.8) is 0 Å². The van der Waals surface area contributed by atoms with E-state index in [1.165, 1.54) is 0 Å². The van der Waals surface area contributed by atoms with Gasteiger partial charge in [-0.1, -0.05) is 42.8 Å². The lowest BCUT2D eigenvalue weighted by atomic mass is 9.89. The van der Waals surface area contributed by atoms with Crippen molar-refractivity contribution in [2.45, 2.75) is 31.7 Å². The topological polar surface area (TPSA) is 60.2 Å². The highest BCUT2D eigenvalue weighted by molar-refractivity contribution is 9.10. The number of sulfone groups is 1. The van der Waals surface area contributed by atoms with Crippen molar-refractivity contribution in [1.82, 2.24) is 0 Å². The number of nitrogens with two attached hydrogens (primary N) is 1. The van der Waals surface area contributed by atoms with Gasteiger partial charge in [0, 0.05) is 10.5 Å². The summed E-state index contributed by atoms with van der Waals surface area (Å²) in [6.45, 7) is 5.82. The quantitative estimate of drug-likeness (QED) is 0.931. The molecule has 0 amide bonds. The summed E-state index contributed by atoms with van der Waals surface area (Å²) in [5, 5.41) is 0. The Kier molecular flexibility index (Phi) is 4.38. The van der Waals surface area contributed by atoms with Crippen LogP contribution in [0.1, 0.15) is 20.8 Å². The Morgan fingerprint density at radius 1 is 1.35 bits per heavy atom. The van der Waals surface area contributed by atoms with E-state index in [0.717, 1.165) is 4.47 Å². The summed E-state index contributed by atoms with van der Waals surface area (Å²) in [5.41, 5.74) is 5.70. The summed E-state index contributed by atoms with van der Waals surface area (Å²) in [5.74, 6) is -0.0348. The molecule has 2 N–H and O–H groups in total. The minimum Gasteiger partial charge on any atom is -0.326 e. The van der Waals surface area contributed by atoms with Gasteiger partial charge in [-0.3, -0.25) is 0 Å². The molecular weight excluding hydrogens is 302 g/mol. The molecular formula is C12H18BrNO2S. The van der Waals surface area contributed by atoms with E-state index in [4.69, 9.17) is 5.73 Å². The van der Waals surface area contributed by atoms with Crippen LogP contribution in [0.4, 0.5) is 0 Å². The second-order valence-electron chi connectivity index (χ2n) is 5.21. The molecule has 0 aliphatic carbocycles. The maximum atomic E-state index is 12.1. The fourth-order valence-electron chi connectivity index (χ4n) is 1.24. The predicted molar refractivity (Wildman–Crippen MR) is 73.6 cm³/mol. The van der Waals surface area contributed by atoms with Gasteiger partial charge in [-0.2, -0.15) is 0 Å². The molecule has 17 heavy (non-hydrogen) atoms. The lowest BCUT2D eigenvalue weighted by Crippen LogP contribution is -2.41. The maximum absolute atomic E-state index is 12.1. The molecule has 0 bridgehead atoms. The molecule has 1 rings (SSSR count). The van der Waals surface area contributed by atoms with Gasteiger partial charge in [0.1, 0.15) is 0 Å². The van der Waals surface area contributed by atoms with Crippen LogP contribution in [0.3, 0.4) is 0 Å². The molecule has 1 unspecified atom stereocenters. The van der Waals surface area contributed by atoms with E-state index in [1.54, 1.807) is 24.3 Å². The average Bonchev–Trinajstić information content (AvgIpc) is 2.15. The van der Waals surface area contributed by atoms with Gasteiger partial charge in [-0.25, -0.2) is 8.42 Å². The van der Waals surface area contributed by atoms with Gasteiger partial charge in [0.05, 0.1) is 10.6 Å². The molecule has 5 heteroatoms. The number of halogens is 1. The zero-order valence-electron chi connectivity index (χ0n) is 10.3. The molecule has 96 valence electrons. The van der Waals surface area contributed by atoms with Crippen LogP contribution in [-0.4, -0.2) is 20.2 Å². The van der Waals surface area contributed by atoms with Crippen molar-refractivity contribution in [2.75, 3.05) is 5.75 Å². The minimum absolute atomic E-state index is 0.0348. The fraction of sp³-hybridized carbons (Fsp3) is 0.500. The maximum Gasteiger partial charge on any atom is 0.179 e. The third-order valence-electron chi connectivity index (χ3n) is 2.67. The molecule has 0 saturated heterocycles. The normalized spacial score (nSPS) is 14.6. The minimum atomic E-state index is -3.32. The van der Waals surface area contributed by atoms with Gasteiger partial charge in [-0.05, 0) is 23.6 Å². The van der Waals surface area contributed by atoms with Gasteiger partial charge >= 0.3 is 0 Å². The van der Waals surface area contributed by atoms with Gasteiger partial charge in [0.2, 0.25) is 0 Å². The first-order chi connectivity index (χ1) is 7.63. The summed E-state index contributed by atoms with van der Waals surface area (Å²) in [7, 11) is -3.32. The third-order valence-corrected chi connectivity index (χ3v) is 4.93. The van der Waals surface area contributed by atoms with Crippen LogP contribution in [0.2, 0.25) is 0 Å². The zero-order chi connectivity index (χ0) is 13.3. The monoisotopic (exact) mass is 319 g/mol. The Morgan fingerprint density at radius 3 is 2.41 bits per heavy atom. The molecule has 1 atom stereocenters. The van der Waals surface area contributed by atoms with E-state index < -0.39 is 9.84 Å². The first kappa shape index (κ1) is 14.7. The molecule has 0 aliphatic heterocycles. The molecule has 0 fully saturated rings. The van der Waals surface area contributed by atoms with Crippen LogP contribution in [0.5, 0.6) is 0 Å². The smallest absolute Gasteiger partial charge is 0.179 e.